The van der Waals surface area contributed by atoms with Gasteiger partial charge in [-0.15, -0.1) is 0 Å². The maximum Gasteiger partial charge on any atom is 0.330 e. The van der Waals surface area contributed by atoms with Crippen LogP contribution in [-0.2, 0) is 22.7 Å². The molecule has 9 nitrogen and oxygen atoms in total. The van der Waals surface area contributed by atoms with Crippen LogP contribution in [0, 0.1) is 18.8 Å². The van der Waals surface area contributed by atoms with E-state index in [1.807, 2.05) is 52.0 Å². The first-order valence-electron chi connectivity index (χ1n) is 12.4. The number of H-pyrrole nitrogens is 1. The highest BCUT2D eigenvalue weighted by molar-refractivity contribution is 6.00. The zero-order valence-electron chi connectivity index (χ0n) is 21.2. The summed E-state index contributed by atoms with van der Waals surface area (Å²) >= 11 is 0. The van der Waals surface area contributed by atoms with E-state index in [1.165, 1.54) is 9.47 Å². The number of carbonyl (C=O) groups excluding carboxylic acids is 2. The number of likely N-dealkylation sites (tertiary alicyclic amines) is 1. The molecule has 0 aliphatic carbocycles. The maximum absolute atomic E-state index is 13.7. The monoisotopic (exact) mass is 483 g/mol. The second kappa shape index (κ2) is 11.4. The Balaban J connectivity index is 1.90. The third-order valence-electron chi connectivity index (χ3n) is 6.47. The van der Waals surface area contributed by atoms with Gasteiger partial charge in [0, 0.05) is 32.6 Å². The molecule has 0 unspecified atom stereocenters. The Hall–Kier alpha value is -3.36. The standard InChI is InChI=1S/C26H37N5O4/c1-5-6-12-31-23(27)22(24(33)28-26(31)35)30(13-11-17(2)3)25(34)20-14-21(32)29(16-20)15-19-9-7-18(4)8-10-19/h7-10,17,20H,5-6,11-16,27H2,1-4H3,(H,28,33,35)/t20-/m1/s1. The van der Waals surface area contributed by atoms with Gasteiger partial charge in [0.1, 0.15) is 5.82 Å². The molecule has 2 heterocycles. The molecular formula is C26H37N5O4. The van der Waals surface area contributed by atoms with E-state index in [0.717, 1.165) is 17.5 Å². The summed E-state index contributed by atoms with van der Waals surface area (Å²) in [5.74, 6) is -0.731. The molecule has 3 N–H and O–H groups in total. The third kappa shape index (κ3) is 6.21. The van der Waals surface area contributed by atoms with E-state index in [-0.39, 0.29) is 48.7 Å². The molecule has 0 saturated carbocycles. The van der Waals surface area contributed by atoms with Crippen LogP contribution in [0.1, 0.15) is 57.6 Å². The van der Waals surface area contributed by atoms with Crippen molar-refractivity contribution < 1.29 is 9.59 Å². The number of hydrogen-bond acceptors (Lipinski definition) is 5. The van der Waals surface area contributed by atoms with Gasteiger partial charge in [-0.05, 0) is 31.2 Å². The number of aromatic nitrogens is 2. The molecule has 1 aromatic heterocycles. The molecule has 0 bridgehead atoms. The Morgan fingerprint density at radius 3 is 2.51 bits per heavy atom. The number of nitrogen functional groups attached to an aromatic ring is 1. The molecule has 0 radical (unpaired) electrons. The first-order chi connectivity index (χ1) is 16.6. The van der Waals surface area contributed by atoms with Crippen LogP contribution in [-0.4, -0.2) is 39.4 Å². The average Bonchev–Trinajstić information content (AvgIpc) is 3.16. The predicted molar refractivity (Wildman–Crippen MR) is 137 cm³/mol. The number of nitrogens with one attached hydrogen (secondary N) is 1. The fraction of sp³-hybridized carbons (Fsp3) is 0.538. The van der Waals surface area contributed by atoms with Crippen LogP contribution in [0.5, 0.6) is 0 Å². The second-order valence-corrected chi connectivity index (χ2v) is 9.83. The number of rotatable bonds is 10. The van der Waals surface area contributed by atoms with Crippen LogP contribution in [0.25, 0.3) is 0 Å². The van der Waals surface area contributed by atoms with Crippen LogP contribution in [0.3, 0.4) is 0 Å². The van der Waals surface area contributed by atoms with Crippen LogP contribution >= 0.6 is 0 Å². The average molecular weight is 484 g/mol. The number of amides is 2. The van der Waals surface area contributed by atoms with Crippen molar-refractivity contribution in [2.24, 2.45) is 11.8 Å². The second-order valence-electron chi connectivity index (χ2n) is 9.83. The number of aromatic amines is 1. The summed E-state index contributed by atoms with van der Waals surface area (Å²) in [7, 11) is 0. The summed E-state index contributed by atoms with van der Waals surface area (Å²) in [4.78, 5) is 57.1. The molecule has 0 spiro atoms. The van der Waals surface area contributed by atoms with Gasteiger partial charge in [0.15, 0.2) is 5.69 Å². The number of benzene rings is 1. The van der Waals surface area contributed by atoms with E-state index in [1.54, 1.807) is 4.90 Å². The molecule has 3 rings (SSSR count). The van der Waals surface area contributed by atoms with Gasteiger partial charge in [0.2, 0.25) is 11.8 Å². The molecule has 1 saturated heterocycles. The molecule has 1 aliphatic heterocycles. The van der Waals surface area contributed by atoms with Crippen molar-refractivity contribution in [3.8, 4) is 0 Å². The molecule has 35 heavy (non-hydrogen) atoms. The molecule has 2 amide bonds. The summed E-state index contributed by atoms with van der Waals surface area (Å²) in [5, 5.41) is 0. The third-order valence-corrected chi connectivity index (χ3v) is 6.47. The van der Waals surface area contributed by atoms with Crippen molar-refractivity contribution in [3.05, 3.63) is 56.2 Å². The first-order valence-corrected chi connectivity index (χ1v) is 12.4. The van der Waals surface area contributed by atoms with Crippen LogP contribution in [0.4, 0.5) is 11.5 Å². The van der Waals surface area contributed by atoms with Crippen molar-refractivity contribution in [2.75, 3.05) is 23.7 Å². The highest BCUT2D eigenvalue weighted by atomic mass is 16.2. The lowest BCUT2D eigenvalue weighted by Crippen LogP contribution is -2.44. The normalized spacial score (nSPS) is 15.7. The molecule has 9 heteroatoms. The summed E-state index contributed by atoms with van der Waals surface area (Å²) < 4.78 is 1.32. The number of carbonyl (C=O) groups is 2. The fourth-order valence-electron chi connectivity index (χ4n) is 4.32. The van der Waals surface area contributed by atoms with Crippen molar-refractivity contribution in [1.29, 1.82) is 0 Å². The van der Waals surface area contributed by atoms with Gasteiger partial charge < -0.3 is 15.5 Å². The largest absolute Gasteiger partial charge is 0.383 e. The minimum atomic E-state index is -0.682. The fourth-order valence-corrected chi connectivity index (χ4v) is 4.32. The maximum atomic E-state index is 13.7. The van der Waals surface area contributed by atoms with E-state index in [0.29, 0.717) is 25.9 Å². The topological polar surface area (TPSA) is 121 Å². The summed E-state index contributed by atoms with van der Waals surface area (Å²) in [6.07, 6.45) is 2.28. The SMILES string of the molecule is CCCCn1c(N)c(N(CCC(C)C)C(=O)[C@@H]2CC(=O)N(Cc3ccc(C)cc3)C2)c(=O)[nH]c1=O. The Kier molecular flexibility index (Phi) is 8.53. The molecule has 1 atom stereocenters. The number of anilines is 2. The van der Waals surface area contributed by atoms with E-state index in [4.69, 9.17) is 5.73 Å². The highest BCUT2D eigenvalue weighted by Gasteiger charge is 2.38. The number of nitrogens with two attached hydrogens (primary N) is 1. The van der Waals surface area contributed by atoms with Gasteiger partial charge in [-0.1, -0.05) is 57.0 Å². The molecule has 1 fully saturated rings. The molecule has 190 valence electrons. The van der Waals surface area contributed by atoms with E-state index in [2.05, 4.69) is 4.98 Å². The molecule has 2 aromatic rings. The van der Waals surface area contributed by atoms with Gasteiger partial charge >= 0.3 is 5.69 Å². The smallest absolute Gasteiger partial charge is 0.330 e. The van der Waals surface area contributed by atoms with Gasteiger partial charge in [0.05, 0.1) is 5.92 Å². The summed E-state index contributed by atoms with van der Waals surface area (Å²) in [6, 6.07) is 7.95. The zero-order chi connectivity index (χ0) is 25.7. The Morgan fingerprint density at radius 1 is 1.20 bits per heavy atom. The van der Waals surface area contributed by atoms with Gasteiger partial charge in [-0.25, -0.2) is 4.79 Å². The predicted octanol–water partition coefficient (Wildman–Crippen LogP) is 2.66. The lowest BCUT2D eigenvalue weighted by Gasteiger charge is -2.27. The number of hydrogen-bond donors (Lipinski definition) is 2. The van der Waals surface area contributed by atoms with Crippen LogP contribution in [0.15, 0.2) is 33.9 Å². The lowest BCUT2D eigenvalue weighted by atomic mass is 10.0. The van der Waals surface area contributed by atoms with Gasteiger partial charge in [-0.2, -0.15) is 0 Å². The van der Waals surface area contributed by atoms with Crippen molar-refractivity contribution in [2.45, 2.75) is 66.5 Å². The van der Waals surface area contributed by atoms with E-state index >= 15 is 0 Å². The summed E-state index contributed by atoms with van der Waals surface area (Å²) in [6.45, 7) is 9.38. The van der Waals surface area contributed by atoms with Crippen molar-refractivity contribution in [1.82, 2.24) is 14.5 Å². The van der Waals surface area contributed by atoms with Crippen LogP contribution in [0.2, 0.25) is 0 Å². The minimum absolute atomic E-state index is 0.00390. The molecule has 1 aromatic carbocycles. The number of unbranched alkanes of at least 4 members (excludes halogenated alkanes) is 1. The van der Waals surface area contributed by atoms with Crippen molar-refractivity contribution >= 4 is 23.3 Å². The zero-order valence-corrected chi connectivity index (χ0v) is 21.2. The molecular weight excluding hydrogens is 446 g/mol. The Morgan fingerprint density at radius 2 is 1.89 bits per heavy atom. The van der Waals surface area contributed by atoms with E-state index < -0.39 is 17.2 Å². The Labute approximate surface area is 205 Å². The van der Waals surface area contributed by atoms with Crippen LogP contribution < -0.4 is 21.9 Å². The van der Waals surface area contributed by atoms with Gasteiger partial charge in [-0.3, -0.25) is 23.9 Å². The summed E-state index contributed by atoms with van der Waals surface area (Å²) in [5.41, 5.74) is 7.18. The Bertz CT molecular complexity index is 1170. The minimum Gasteiger partial charge on any atom is -0.383 e. The first kappa shape index (κ1) is 26.2. The van der Waals surface area contributed by atoms with Gasteiger partial charge in [0.25, 0.3) is 5.56 Å². The van der Waals surface area contributed by atoms with E-state index in [9.17, 15) is 19.2 Å². The number of nitrogens with zero attached hydrogens (tertiary/aromatic N) is 3. The quantitative estimate of drug-likeness (QED) is 0.538. The van der Waals surface area contributed by atoms with Crippen molar-refractivity contribution in [3.63, 3.8) is 0 Å². The molecule has 1 aliphatic rings. The lowest BCUT2D eigenvalue weighted by molar-refractivity contribution is -0.128. The number of aryl methyl sites for hydroxylation is 1. The highest BCUT2D eigenvalue weighted by Crippen LogP contribution is 2.27.